The summed E-state index contributed by atoms with van der Waals surface area (Å²) in [7, 11) is 0. The van der Waals surface area contributed by atoms with Gasteiger partial charge < -0.3 is 19.9 Å². The van der Waals surface area contributed by atoms with Crippen LogP contribution in [0.4, 0.5) is 16.2 Å². The van der Waals surface area contributed by atoms with Crippen molar-refractivity contribution >= 4 is 29.0 Å². The predicted octanol–water partition coefficient (Wildman–Crippen LogP) is 4.48. The van der Waals surface area contributed by atoms with E-state index in [9.17, 15) is 4.79 Å². The second-order valence-electron chi connectivity index (χ2n) is 6.52. The Morgan fingerprint density at radius 2 is 1.69 bits per heavy atom. The molecule has 6 heteroatoms. The van der Waals surface area contributed by atoms with Crippen LogP contribution in [-0.4, -0.2) is 43.2 Å². The first kappa shape index (κ1) is 18.4. The van der Waals surface area contributed by atoms with Crippen molar-refractivity contribution in [2.24, 2.45) is 0 Å². The van der Waals surface area contributed by atoms with E-state index in [0.29, 0.717) is 23.8 Å². The molecular weight excluding hydrogens is 350 g/mol. The van der Waals surface area contributed by atoms with Crippen LogP contribution in [-0.2, 0) is 0 Å². The average Bonchev–Trinajstić information content (AvgIpc) is 2.64. The summed E-state index contributed by atoms with van der Waals surface area (Å²) in [6.45, 7) is 6.85. The van der Waals surface area contributed by atoms with E-state index in [1.807, 2.05) is 49.1 Å². The fourth-order valence-corrected chi connectivity index (χ4v) is 3.16. The van der Waals surface area contributed by atoms with Crippen LogP contribution in [0.5, 0.6) is 5.75 Å². The van der Waals surface area contributed by atoms with E-state index in [1.54, 1.807) is 12.1 Å². The number of amides is 2. The quantitative estimate of drug-likeness (QED) is 0.859. The van der Waals surface area contributed by atoms with Gasteiger partial charge in [0.25, 0.3) is 0 Å². The second kappa shape index (κ2) is 8.32. The van der Waals surface area contributed by atoms with Crippen LogP contribution < -0.4 is 15.0 Å². The number of para-hydroxylation sites is 3. The maximum Gasteiger partial charge on any atom is 0.322 e. The summed E-state index contributed by atoms with van der Waals surface area (Å²) in [6, 6.07) is 15.2. The van der Waals surface area contributed by atoms with Crippen molar-refractivity contribution in [1.82, 2.24) is 4.90 Å². The van der Waals surface area contributed by atoms with Crippen molar-refractivity contribution in [1.29, 1.82) is 0 Å². The molecule has 0 radical (unpaired) electrons. The number of carbonyl (C=O) groups excluding carboxylic acids is 1. The molecule has 0 aromatic heterocycles. The Bertz CT molecular complexity index is 758. The highest BCUT2D eigenvalue weighted by molar-refractivity contribution is 6.33. The standard InChI is InChI=1S/C20H24ClN3O2/c1-15(2)26-19-10-6-5-9-18(19)23-11-13-24(14-12-23)20(25)22-17-8-4-3-7-16(17)21/h3-10,15H,11-14H2,1-2H3,(H,22,25). The third-order valence-corrected chi connectivity index (χ3v) is 4.58. The lowest BCUT2D eigenvalue weighted by Crippen LogP contribution is -2.50. The van der Waals surface area contributed by atoms with E-state index in [4.69, 9.17) is 16.3 Å². The van der Waals surface area contributed by atoms with Crippen LogP contribution in [0, 0.1) is 0 Å². The highest BCUT2D eigenvalue weighted by atomic mass is 35.5. The predicted molar refractivity (Wildman–Crippen MR) is 106 cm³/mol. The molecular formula is C20H24ClN3O2. The molecule has 2 aromatic rings. The summed E-state index contributed by atoms with van der Waals surface area (Å²) >= 11 is 6.11. The minimum absolute atomic E-state index is 0.121. The molecule has 26 heavy (non-hydrogen) atoms. The zero-order valence-electron chi connectivity index (χ0n) is 15.1. The summed E-state index contributed by atoms with van der Waals surface area (Å²) in [6.07, 6.45) is 0.124. The molecule has 0 bridgehead atoms. The van der Waals surface area contributed by atoms with E-state index in [1.165, 1.54) is 0 Å². The number of halogens is 1. The van der Waals surface area contributed by atoms with Gasteiger partial charge in [0.15, 0.2) is 0 Å². The number of hydrogen-bond acceptors (Lipinski definition) is 3. The van der Waals surface area contributed by atoms with Gasteiger partial charge in [-0.15, -0.1) is 0 Å². The number of nitrogens with one attached hydrogen (secondary N) is 1. The van der Waals surface area contributed by atoms with E-state index in [-0.39, 0.29) is 12.1 Å². The molecule has 2 aromatic carbocycles. The Kier molecular flexibility index (Phi) is 5.89. The molecule has 1 fully saturated rings. The number of nitrogens with zero attached hydrogens (tertiary/aromatic N) is 2. The molecule has 2 amide bonds. The summed E-state index contributed by atoms with van der Waals surface area (Å²) in [5, 5.41) is 3.42. The van der Waals surface area contributed by atoms with Gasteiger partial charge in [-0.1, -0.05) is 35.9 Å². The van der Waals surface area contributed by atoms with Crippen molar-refractivity contribution < 1.29 is 9.53 Å². The number of carbonyl (C=O) groups is 1. The van der Waals surface area contributed by atoms with Gasteiger partial charge in [0.1, 0.15) is 5.75 Å². The first-order valence-corrected chi connectivity index (χ1v) is 9.23. The first-order valence-electron chi connectivity index (χ1n) is 8.85. The Morgan fingerprint density at radius 3 is 2.38 bits per heavy atom. The first-order chi connectivity index (χ1) is 12.5. The molecule has 3 rings (SSSR count). The summed E-state index contributed by atoms with van der Waals surface area (Å²) < 4.78 is 5.92. The van der Waals surface area contributed by atoms with Crippen molar-refractivity contribution in [2.45, 2.75) is 20.0 Å². The van der Waals surface area contributed by atoms with Crippen molar-refractivity contribution in [3.8, 4) is 5.75 Å². The molecule has 1 N–H and O–H groups in total. The molecule has 5 nitrogen and oxygen atoms in total. The van der Waals surface area contributed by atoms with Gasteiger partial charge in [-0.3, -0.25) is 0 Å². The normalized spacial score (nSPS) is 14.5. The number of rotatable bonds is 4. The van der Waals surface area contributed by atoms with E-state index in [2.05, 4.69) is 16.3 Å². The molecule has 0 aliphatic carbocycles. The van der Waals surface area contributed by atoms with Gasteiger partial charge in [0, 0.05) is 26.2 Å². The lowest BCUT2D eigenvalue weighted by molar-refractivity contribution is 0.207. The van der Waals surface area contributed by atoms with Crippen LogP contribution in [0.25, 0.3) is 0 Å². The Balaban J connectivity index is 1.61. The van der Waals surface area contributed by atoms with Crippen LogP contribution in [0.2, 0.25) is 5.02 Å². The zero-order chi connectivity index (χ0) is 18.5. The highest BCUT2D eigenvalue weighted by Crippen LogP contribution is 2.30. The minimum Gasteiger partial charge on any atom is -0.489 e. The molecule has 1 aliphatic heterocycles. The molecule has 1 saturated heterocycles. The Hall–Kier alpha value is -2.40. The fourth-order valence-electron chi connectivity index (χ4n) is 2.98. The van der Waals surface area contributed by atoms with E-state index < -0.39 is 0 Å². The number of hydrogen-bond donors (Lipinski definition) is 1. The van der Waals surface area contributed by atoms with E-state index in [0.717, 1.165) is 24.5 Å². The van der Waals surface area contributed by atoms with Gasteiger partial charge >= 0.3 is 6.03 Å². The number of piperazine rings is 1. The number of urea groups is 1. The summed E-state index contributed by atoms with van der Waals surface area (Å²) in [5.41, 5.74) is 1.71. The maximum absolute atomic E-state index is 12.5. The van der Waals surface area contributed by atoms with Gasteiger partial charge in [-0.05, 0) is 38.1 Å². The third kappa shape index (κ3) is 4.41. The SMILES string of the molecule is CC(C)Oc1ccccc1N1CCN(C(=O)Nc2ccccc2Cl)CC1. The molecule has 0 atom stereocenters. The van der Waals surface area contributed by atoms with Gasteiger partial charge in [0.2, 0.25) is 0 Å². The lowest BCUT2D eigenvalue weighted by Gasteiger charge is -2.36. The van der Waals surface area contributed by atoms with Crippen molar-refractivity contribution in [3.05, 3.63) is 53.6 Å². The highest BCUT2D eigenvalue weighted by Gasteiger charge is 2.23. The Labute approximate surface area is 159 Å². The van der Waals surface area contributed by atoms with Crippen LogP contribution in [0.1, 0.15) is 13.8 Å². The van der Waals surface area contributed by atoms with Crippen molar-refractivity contribution in [3.63, 3.8) is 0 Å². The molecule has 1 heterocycles. The van der Waals surface area contributed by atoms with Crippen LogP contribution in [0.15, 0.2) is 48.5 Å². The number of ether oxygens (including phenoxy) is 1. The van der Waals surface area contributed by atoms with Crippen molar-refractivity contribution in [2.75, 3.05) is 36.4 Å². The Morgan fingerprint density at radius 1 is 1.04 bits per heavy atom. The fraction of sp³-hybridized carbons (Fsp3) is 0.350. The van der Waals surface area contributed by atoms with Crippen LogP contribution in [0.3, 0.4) is 0 Å². The average molecular weight is 374 g/mol. The number of benzene rings is 2. The third-order valence-electron chi connectivity index (χ3n) is 4.25. The summed E-state index contributed by atoms with van der Waals surface area (Å²) in [5.74, 6) is 0.886. The molecule has 138 valence electrons. The van der Waals surface area contributed by atoms with Gasteiger partial charge in [0.05, 0.1) is 22.5 Å². The van der Waals surface area contributed by atoms with Crippen LogP contribution >= 0.6 is 11.6 Å². The molecule has 0 unspecified atom stereocenters. The zero-order valence-corrected chi connectivity index (χ0v) is 15.9. The molecule has 0 saturated carbocycles. The largest absolute Gasteiger partial charge is 0.489 e. The molecule has 1 aliphatic rings. The topological polar surface area (TPSA) is 44.8 Å². The monoisotopic (exact) mass is 373 g/mol. The maximum atomic E-state index is 12.5. The number of anilines is 2. The second-order valence-corrected chi connectivity index (χ2v) is 6.93. The van der Waals surface area contributed by atoms with Gasteiger partial charge in [-0.25, -0.2) is 4.79 Å². The van der Waals surface area contributed by atoms with E-state index >= 15 is 0 Å². The molecule has 0 spiro atoms. The lowest BCUT2D eigenvalue weighted by atomic mass is 10.2. The smallest absolute Gasteiger partial charge is 0.322 e. The van der Waals surface area contributed by atoms with Gasteiger partial charge in [-0.2, -0.15) is 0 Å². The summed E-state index contributed by atoms with van der Waals surface area (Å²) in [4.78, 5) is 16.6. The minimum atomic E-state index is -0.121.